The Balaban J connectivity index is 1.84. The standard InChI is InChI=1S/C15H29NO3S/c1-3-7-20(17,18)8-4-15(12-16-5-6-19-2)10-13-9-14(13)11-15/h13-14,16H,3-12H2,1-2H3. The summed E-state index contributed by atoms with van der Waals surface area (Å²) in [6.07, 6.45) is 5.38. The van der Waals surface area contributed by atoms with Gasteiger partial charge in [-0.1, -0.05) is 6.92 Å². The van der Waals surface area contributed by atoms with Crippen LogP contribution in [0, 0.1) is 17.3 Å². The lowest BCUT2D eigenvalue weighted by Gasteiger charge is -2.31. The fourth-order valence-electron chi connectivity index (χ4n) is 3.76. The average molecular weight is 303 g/mol. The third-order valence-corrected chi connectivity index (χ3v) is 6.76. The first-order valence-corrected chi connectivity index (χ1v) is 9.72. The zero-order chi connectivity index (χ0) is 14.6. The Morgan fingerprint density at radius 1 is 1.25 bits per heavy atom. The molecule has 2 rings (SSSR count). The van der Waals surface area contributed by atoms with Crippen molar-refractivity contribution in [1.82, 2.24) is 5.32 Å². The van der Waals surface area contributed by atoms with Crippen LogP contribution in [0.2, 0.25) is 0 Å². The second-order valence-corrected chi connectivity index (χ2v) is 9.04. The molecule has 0 radical (unpaired) electrons. The van der Waals surface area contributed by atoms with E-state index < -0.39 is 9.84 Å². The highest BCUT2D eigenvalue weighted by Gasteiger charge is 2.53. The second-order valence-electron chi connectivity index (χ2n) is 6.74. The van der Waals surface area contributed by atoms with Crippen LogP contribution >= 0.6 is 0 Å². The summed E-state index contributed by atoms with van der Waals surface area (Å²) in [6, 6.07) is 0. The molecule has 0 aromatic heterocycles. The topological polar surface area (TPSA) is 55.4 Å². The van der Waals surface area contributed by atoms with Crippen molar-refractivity contribution in [3.05, 3.63) is 0 Å². The van der Waals surface area contributed by atoms with Gasteiger partial charge in [0.2, 0.25) is 0 Å². The van der Waals surface area contributed by atoms with E-state index in [1.807, 2.05) is 6.92 Å². The largest absolute Gasteiger partial charge is 0.383 e. The van der Waals surface area contributed by atoms with Crippen molar-refractivity contribution in [2.75, 3.05) is 38.3 Å². The molecule has 0 saturated heterocycles. The quantitative estimate of drug-likeness (QED) is 0.626. The monoisotopic (exact) mass is 303 g/mol. The first-order chi connectivity index (χ1) is 9.50. The van der Waals surface area contributed by atoms with Crippen LogP contribution in [-0.4, -0.2) is 46.7 Å². The van der Waals surface area contributed by atoms with Gasteiger partial charge >= 0.3 is 0 Å². The van der Waals surface area contributed by atoms with Crippen LogP contribution in [0.25, 0.3) is 0 Å². The highest BCUT2D eigenvalue weighted by atomic mass is 32.2. The molecule has 0 aliphatic heterocycles. The molecule has 4 nitrogen and oxygen atoms in total. The summed E-state index contributed by atoms with van der Waals surface area (Å²) < 4.78 is 29.0. The van der Waals surface area contributed by atoms with Crippen LogP contribution in [0.15, 0.2) is 0 Å². The van der Waals surface area contributed by atoms with Crippen molar-refractivity contribution in [2.24, 2.45) is 17.3 Å². The van der Waals surface area contributed by atoms with Crippen LogP contribution in [0.5, 0.6) is 0 Å². The summed E-state index contributed by atoms with van der Waals surface area (Å²) in [5, 5.41) is 3.46. The van der Waals surface area contributed by atoms with Crippen LogP contribution in [0.1, 0.15) is 39.0 Å². The van der Waals surface area contributed by atoms with Gasteiger partial charge in [0, 0.05) is 26.0 Å². The number of hydrogen-bond acceptors (Lipinski definition) is 4. The van der Waals surface area contributed by atoms with Gasteiger partial charge in [0.25, 0.3) is 0 Å². The molecule has 2 atom stereocenters. The number of methoxy groups -OCH3 is 1. The summed E-state index contributed by atoms with van der Waals surface area (Å²) in [6.45, 7) is 4.46. The van der Waals surface area contributed by atoms with Gasteiger partial charge in [-0.15, -0.1) is 0 Å². The fraction of sp³-hybridized carbons (Fsp3) is 1.00. The Bertz CT molecular complexity index is 397. The van der Waals surface area contributed by atoms with Gasteiger partial charge in [-0.2, -0.15) is 0 Å². The molecule has 2 saturated carbocycles. The van der Waals surface area contributed by atoms with E-state index >= 15 is 0 Å². The summed E-state index contributed by atoms with van der Waals surface area (Å²) in [4.78, 5) is 0. The molecule has 2 aliphatic carbocycles. The van der Waals surface area contributed by atoms with Crippen molar-refractivity contribution >= 4 is 9.84 Å². The minimum Gasteiger partial charge on any atom is -0.383 e. The van der Waals surface area contributed by atoms with E-state index in [4.69, 9.17) is 4.74 Å². The van der Waals surface area contributed by atoms with Gasteiger partial charge in [0.15, 0.2) is 0 Å². The molecule has 2 aliphatic rings. The minimum atomic E-state index is -2.85. The maximum Gasteiger partial charge on any atom is 0.150 e. The predicted molar refractivity (Wildman–Crippen MR) is 81.6 cm³/mol. The molecule has 0 bridgehead atoms. The van der Waals surface area contributed by atoms with E-state index in [2.05, 4.69) is 5.32 Å². The van der Waals surface area contributed by atoms with Crippen LogP contribution < -0.4 is 5.32 Å². The first kappa shape index (κ1) is 16.2. The molecular formula is C15H29NO3S. The summed E-state index contributed by atoms with van der Waals surface area (Å²) in [5.74, 6) is 2.47. The first-order valence-electron chi connectivity index (χ1n) is 7.90. The molecular weight excluding hydrogens is 274 g/mol. The van der Waals surface area contributed by atoms with E-state index in [1.54, 1.807) is 7.11 Å². The lowest BCUT2D eigenvalue weighted by molar-refractivity contribution is 0.185. The lowest BCUT2D eigenvalue weighted by Crippen LogP contribution is -2.36. The molecule has 1 N–H and O–H groups in total. The fourth-order valence-corrected chi connectivity index (χ4v) is 5.33. The molecule has 2 unspecified atom stereocenters. The molecule has 118 valence electrons. The number of fused-ring (bicyclic) bond motifs is 1. The summed E-state index contributed by atoms with van der Waals surface area (Å²) in [5.41, 5.74) is 0.224. The summed E-state index contributed by atoms with van der Waals surface area (Å²) >= 11 is 0. The molecule has 0 aromatic carbocycles. The maximum absolute atomic E-state index is 12.0. The average Bonchev–Trinajstić information content (AvgIpc) is 3.01. The Morgan fingerprint density at radius 3 is 2.55 bits per heavy atom. The zero-order valence-electron chi connectivity index (χ0n) is 12.9. The molecule has 0 aromatic rings. The highest BCUT2D eigenvalue weighted by molar-refractivity contribution is 7.91. The Kier molecular flexibility index (Phi) is 5.49. The van der Waals surface area contributed by atoms with E-state index in [9.17, 15) is 8.42 Å². The predicted octanol–water partition coefficient (Wildman–Crippen LogP) is 1.85. The molecule has 0 amide bonds. The number of hydrogen-bond donors (Lipinski definition) is 1. The molecule has 0 spiro atoms. The Labute approximate surface area is 123 Å². The van der Waals surface area contributed by atoms with Gasteiger partial charge in [-0.05, 0) is 49.4 Å². The molecule has 5 heteroatoms. The van der Waals surface area contributed by atoms with Crippen LogP contribution in [0.3, 0.4) is 0 Å². The molecule has 2 fully saturated rings. The van der Waals surface area contributed by atoms with Gasteiger partial charge < -0.3 is 10.1 Å². The summed E-state index contributed by atoms with van der Waals surface area (Å²) in [7, 11) is -1.14. The van der Waals surface area contributed by atoms with Gasteiger partial charge in [-0.25, -0.2) is 8.42 Å². The van der Waals surface area contributed by atoms with Gasteiger partial charge in [0.1, 0.15) is 9.84 Å². The smallest absolute Gasteiger partial charge is 0.150 e. The number of nitrogens with one attached hydrogen (secondary N) is 1. The number of sulfone groups is 1. The van der Waals surface area contributed by atoms with E-state index in [1.165, 1.54) is 19.3 Å². The number of rotatable bonds is 10. The normalized spacial score (nSPS) is 32.3. The zero-order valence-corrected chi connectivity index (χ0v) is 13.7. The minimum absolute atomic E-state index is 0.224. The van der Waals surface area contributed by atoms with E-state index in [0.717, 1.165) is 44.4 Å². The van der Waals surface area contributed by atoms with Crippen LogP contribution in [0.4, 0.5) is 0 Å². The van der Waals surface area contributed by atoms with Crippen molar-refractivity contribution < 1.29 is 13.2 Å². The lowest BCUT2D eigenvalue weighted by atomic mass is 9.80. The van der Waals surface area contributed by atoms with Gasteiger partial charge in [0.05, 0.1) is 12.4 Å². The van der Waals surface area contributed by atoms with E-state index in [0.29, 0.717) is 11.5 Å². The van der Waals surface area contributed by atoms with Crippen molar-refractivity contribution in [1.29, 1.82) is 0 Å². The molecule has 20 heavy (non-hydrogen) atoms. The SMILES string of the molecule is CCCS(=O)(=O)CCC1(CNCCOC)CC2CC2C1. The molecule has 0 heterocycles. The van der Waals surface area contributed by atoms with Crippen molar-refractivity contribution in [3.63, 3.8) is 0 Å². The number of ether oxygens (including phenoxy) is 1. The maximum atomic E-state index is 12.0. The Hall–Kier alpha value is -0.130. The third kappa shape index (κ3) is 4.43. The van der Waals surface area contributed by atoms with E-state index in [-0.39, 0.29) is 5.41 Å². The second kappa shape index (κ2) is 6.75. The van der Waals surface area contributed by atoms with Crippen molar-refractivity contribution in [3.8, 4) is 0 Å². The third-order valence-electron chi connectivity index (χ3n) is 4.90. The van der Waals surface area contributed by atoms with Crippen molar-refractivity contribution in [2.45, 2.75) is 39.0 Å². The van der Waals surface area contributed by atoms with Crippen LogP contribution in [-0.2, 0) is 14.6 Å². The Morgan fingerprint density at radius 2 is 1.95 bits per heavy atom. The van der Waals surface area contributed by atoms with Gasteiger partial charge in [-0.3, -0.25) is 0 Å². The highest BCUT2D eigenvalue weighted by Crippen LogP contribution is 2.60.